The summed E-state index contributed by atoms with van der Waals surface area (Å²) in [5, 5.41) is 8.11. The van der Waals surface area contributed by atoms with Gasteiger partial charge < -0.3 is 5.32 Å². The molecule has 1 heterocycles. The lowest BCUT2D eigenvalue weighted by Crippen LogP contribution is -2.37. The van der Waals surface area contributed by atoms with E-state index in [4.69, 9.17) is 0 Å². The molecule has 1 aromatic heterocycles. The first kappa shape index (κ1) is 11.1. The lowest BCUT2D eigenvalue weighted by Gasteiger charge is -2.20. The quantitative estimate of drug-likeness (QED) is 0.777. The van der Waals surface area contributed by atoms with E-state index in [1.807, 2.05) is 5.38 Å². The van der Waals surface area contributed by atoms with Gasteiger partial charge in [-0.1, -0.05) is 11.6 Å². The highest BCUT2D eigenvalue weighted by Crippen LogP contribution is 2.17. The summed E-state index contributed by atoms with van der Waals surface area (Å²) in [5.41, 5.74) is 1.35. The van der Waals surface area contributed by atoms with Crippen molar-refractivity contribution < 1.29 is 4.79 Å². The fourth-order valence-corrected chi connectivity index (χ4v) is 2.34. The van der Waals surface area contributed by atoms with Crippen molar-refractivity contribution >= 4 is 22.5 Å². The highest BCUT2D eigenvalue weighted by molar-refractivity contribution is 7.13. The molecule has 0 radical (unpaired) electrons. The largest absolute Gasteiger partial charge is 0.332 e. The summed E-state index contributed by atoms with van der Waals surface area (Å²) in [7, 11) is 0. The third-order valence-electron chi connectivity index (χ3n) is 2.54. The number of urea groups is 1. The van der Waals surface area contributed by atoms with E-state index in [1.54, 1.807) is 6.20 Å². The van der Waals surface area contributed by atoms with Gasteiger partial charge in [0.1, 0.15) is 0 Å². The molecule has 0 aromatic carbocycles. The number of aromatic nitrogens is 1. The number of amides is 2. The van der Waals surface area contributed by atoms with E-state index < -0.39 is 0 Å². The van der Waals surface area contributed by atoms with Crippen LogP contribution in [0.3, 0.4) is 0 Å². The summed E-state index contributed by atoms with van der Waals surface area (Å²) in [6.07, 6.45) is 7.11. The standard InChI is InChI=1S/C11H15N3OS/c1-8-3-2-4-9(7-8)13-10(15)14-11-12-5-6-16-11/h5-7,9H,2-4H2,1H3,(H2,12,13,14,15)/t9-/m0/s1. The first-order chi connectivity index (χ1) is 7.74. The second-order valence-corrected chi connectivity index (χ2v) is 4.84. The Kier molecular flexibility index (Phi) is 3.56. The van der Waals surface area contributed by atoms with E-state index in [-0.39, 0.29) is 12.1 Å². The summed E-state index contributed by atoms with van der Waals surface area (Å²) >= 11 is 1.42. The highest BCUT2D eigenvalue weighted by Gasteiger charge is 2.14. The Hall–Kier alpha value is -1.36. The second-order valence-electron chi connectivity index (χ2n) is 3.95. The maximum atomic E-state index is 11.6. The summed E-state index contributed by atoms with van der Waals surface area (Å²) < 4.78 is 0. The smallest absolute Gasteiger partial charge is 0.321 e. The molecule has 2 amide bonds. The molecule has 1 atom stereocenters. The van der Waals surface area contributed by atoms with E-state index in [9.17, 15) is 4.79 Å². The normalized spacial score (nSPS) is 20.1. The number of allylic oxidation sites excluding steroid dienone is 1. The minimum Gasteiger partial charge on any atom is -0.332 e. The molecule has 0 saturated heterocycles. The van der Waals surface area contributed by atoms with Crippen molar-refractivity contribution in [3.8, 4) is 0 Å². The number of thiazole rings is 1. The molecule has 0 bridgehead atoms. The number of anilines is 1. The second kappa shape index (κ2) is 5.12. The lowest BCUT2D eigenvalue weighted by atomic mass is 9.97. The Morgan fingerprint density at radius 1 is 1.62 bits per heavy atom. The van der Waals surface area contributed by atoms with Gasteiger partial charge in [-0.25, -0.2) is 9.78 Å². The van der Waals surface area contributed by atoms with Crippen LogP contribution in [0.15, 0.2) is 23.2 Å². The fourth-order valence-electron chi connectivity index (χ4n) is 1.81. The molecule has 0 saturated carbocycles. The van der Waals surface area contributed by atoms with Crippen LogP contribution in [0.5, 0.6) is 0 Å². The Morgan fingerprint density at radius 3 is 3.19 bits per heavy atom. The predicted octanol–water partition coefficient (Wildman–Crippen LogP) is 2.76. The molecular weight excluding hydrogens is 222 g/mol. The predicted molar refractivity (Wildman–Crippen MR) is 65.7 cm³/mol. The summed E-state index contributed by atoms with van der Waals surface area (Å²) in [4.78, 5) is 15.6. The van der Waals surface area contributed by atoms with Crippen LogP contribution in [0.25, 0.3) is 0 Å². The van der Waals surface area contributed by atoms with Crippen molar-refractivity contribution in [2.75, 3.05) is 5.32 Å². The third-order valence-corrected chi connectivity index (χ3v) is 3.23. The molecule has 1 aliphatic carbocycles. The Labute approximate surface area is 98.8 Å². The Morgan fingerprint density at radius 2 is 2.50 bits per heavy atom. The van der Waals surface area contributed by atoms with Gasteiger partial charge in [-0.2, -0.15) is 0 Å². The van der Waals surface area contributed by atoms with E-state index in [1.165, 1.54) is 16.9 Å². The van der Waals surface area contributed by atoms with Crippen molar-refractivity contribution in [1.82, 2.24) is 10.3 Å². The molecule has 2 rings (SSSR count). The molecule has 4 nitrogen and oxygen atoms in total. The number of hydrogen-bond donors (Lipinski definition) is 2. The van der Waals surface area contributed by atoms with Crippen LogP contribution in [0.2, 0.25) is 0 Å². The average Bonchev–Trinajstić information content (AvgIpc) is 2.70. The lowest BCUT2D eigenvalue weighted by molar-refractivity contribution is 0.249. The van der Waals surface area contributed by atoms with Crippen molar-refractivity contribution in [3.05, 3.63) is 23.2 Å². The number of rotatable bonds is 2. The molecule has 16 heavy (non-hydrogen) atoms. The molecule has 0 aliphatic heterocycles. The zero-order valence-corrected chi connectivity index (χ0v) is 10.0. The van der Waals surface area contributed by atoms with Crippen LogP contribution < -0.4 is 10.6 Å². The number of carbonyl (C=O) groups excluding carboxylic acids is 1. The third kappa shape index (κ3) is 3.06. The van der Waals surface area contributed by atoms with E-state index in [0.29, 0.717) is 5.13 Å². The van der Waals surface area contributed by atoms with Crippen molar-refractivity contribution in [2.24, 2.45) is 0 Å². The highest BCUT2D eigenvalue weighted by atomic mass is 32.1. The molecule has 1 aliphatic rings. The minimum absolute atomic E-state index is 0.161. The number of nitrogens with zero attached hydrogens (tertiary/aromatic N) is 1. The molecule has 5 heteroatoms. The van der Waals surface area contributed by atoms with Gasteiger partial charge in [0.25, 0.3) is 0 Å². The number of hydrogen-bond acceptors (Lipinski definition) is 3. The van der Waals surface area contributed by atoms with Crippen LogP contribution in [0.4, 0.5) is 9.93 Å². The van der Waals surface area contributed by atoms with Gasteiger partial charge >= 0.3 is 6.03 Å². The van der Waals surface area contributed by atoms with Gasteiger partial charge in [0.2, 0.25) is 0 Å². The maximum absolute atomic E-state index is 11.6. The molecule has 0 unspecified atom stereocenters. The first-order valence-corrected chi connectivity index (χ1v) is 6.26. The molecule has 1 aromatic rings. The van der Waals surface area contributed by atoms with Gasteiger partial charge in [-0.3, -0.25) is 5.32 Å². The van der Waals surface area contributed by atoms with Gasteiger partial charge in [-0.15, -0.1) is 11.3 Å². The summed E-state index contributed by atoms with van der Waals surface area (Å²) in [5.74, 6) is 0. The van der Waals surface area contributed by atoms with Crippen LogP contribution in [-0.2, 0) is 0 Å². The molecular formula is C11H15N3OS. The Bertz CT molecular complexity index is 386. The van der Waals surface area contributed by atoms with Crippen molar-refractivity contribution in [1.29, 1.82) is 0 Å². The molecule has 86 valence electrons. The Balaban J connectivity index is 1.85. The van der Waals surface area contributed by atoms with Gasteiger partial charge in [-0.05, 0) is 26.2 Å². The van der Waals surface area contributed by atoms with E-state index >= 15 is 0 Å². The molecule has 2 N–H and O–H groups in total. The fraction of sp³-hybridized carbons (Fsp3) is 0.455. The van der Waals surface area contributed by atoms with E-state index in [2.05, 4.69) is 28.6 Å². The van der Waals surface area contributed by atoms with Crippen molar-refractivity contribution in [2.45, 2.75) is 32.2 Å². The van der Waals surface area contributed by atoms with Gasteiger partial charge in [0.05, 0.1) is 0 Å². The minimum atomic E-state index is -0.175. The summed E-state index contributed by atoms with van der Waals surface area (Å²) in [6, 6.07) is -0.0142. The SMILES string of the molecule is CC1=C[C@@H](NC(=O)Nc2nccs2)CCC1. The van der Waals surface area contributed by atoms with Crippen molar-refractivity contribution in [3.63, 3.8) is 0 Å². The molecule has 0 fully saturated rings. The van der Waals surface area contributed by atoms with E-state index in [0.717, 1.165) is 19.3 Å². The van der Waals surface area contributed by atoms with Gasteiger partial charge in [0.15, 0.2) is 5.13 Å². The van der Waals surface area contributed by atoms with Gasteiger partial charge in [0, 0.05) is 17.6 Å². The summed E-state index contributed by atoms with van der Waals surface area (Å²) in [6.45, 7) is 2.10. The zero-order valence-electron chi connectivity index (χ0n) is 9.19. The average molecular weight is 237 g/mol. The first-order valence-electron chi connectivity index (χ1n) is 5.38. The number of nitrogens with one attached hydrogen (secondary N) is 2. The van der Waals surface area contributed by atoms with Crippen LogP contribution >= 0.6 is 11.3 Å². The van der Waals surface area contributed by atoms with Crippen LogP contribution in [0, 0.1) is 0 Å². The van der Waals surface area contributed by atoms with Crippen LogP contribution in [0.1, 0.15) is 26.2 Å². The monoisotopic (exact) mass is 237 g/mol. The van der Waals surface area contributed by atoms with Crippen LogP contribution in [-0.4, -0.2) is 17.1 Å². The topological polar surface area (TPSA) is 54.0 Å². The maximum Gasteiger partial charge on any atom is 0.321 e. The zero-order chi connectivity index (χ0) is 11.4. The molecule has 0 spiro atoms. The number of carbonyl (C=O) groups is 1.